The Morgan fingerprint density at radius 2 is 1.52 bits per heavy atom. The maximum Gasteiger partial charge on any atom is 0.336 e. The van der Waals surface area contributed by atoms with Crippen LogP contribution in [0, 0.1) is 10.1 Å². The molecule has 0 saturated carbocycles. The zero-order valence-corrected chi connectivity index (χ0v) is 22.2. The van der Waals surface area contributed by atoms with Crippen LogP contribution in [-0.2, 0) is 4.79 Å². The molecule has 42 heavy (non-hydrogen) atoms. The van der Waals surface area contributed by atoms with Crippen LogP contribution in [0.4, 0.5) is 11.4 Å². The molecular formula is C31H24N4O7. The molecule has 0 unspecified atom stereocenters. The van der Waals surface area contributed by atoms with Crippen LogP contribution < -0.4 is 20.2 Å². The van der Waals surface area contributed by atoms with E-state index in [9.17, 15) is 24.5 Å². The largest absolute Gasteiger partial charge is 0.497 e. The number of esters is 1. The molecule has 0 aliphatic heterocycles. The predicted molar refractivity (Wildman–Crippen MR) is 157 cm³/mol. The van der Waals surface area contributed by atoms with Crippen LogP contribution in [0.5, 0.6) is 11.5 Å². The summed E-state index contributed by atoms with van der Waals surface area (Å²) >= 11 is 0. The van der Waals surface area contributed by atoms with Crippen molar-refractivity contribution in [2.75, 3.05) is 12.4 Å². The summed E-state index contributed by atoms with van der Waals surface area (Å²) in [4.78, 5) is 48.2. The first-order valence-electron chi connectivity index (χ1n) is 12.5. The van der Waals surface area contributed by atoms with Gasteiger partial charge in [0, 0.05) is 34.5 Å². The third kappa shape index (κ3) is 7.73. The molecular weight excluding hydrogens is 540 g/mol. The zero-order chi connectivity index (χ0) is 29.9. The van der Waals surface area contributed by atoms with Crippen molar-refractivity contribution in [3.8, 4) is 11.5 Å². The number of nitro groups is 1. The van der Waals surface area contributed by atoms with Crippen molar-refractivity contribution in [3.05, 3.63) is 136 Å². The van der Waals surface area contributed by atoms with Crippen molar-refractivity contribution < 1.29 is 28.8 Å². The van der Waals surface area contributed by atoms with Gasteiger partial charge >= 0.3 is 11.7 Å². The highest BCUT2D eigenvalue weighted by Gasteiger charge is 2.20. The fourth-order valence-corrected chi connectivity index (χ4v) is 3.64. The molecule has 0 aromatic heterocycles. The lowest BCUT2D eigenvalue weighted by Gasteiger charge is -2.07. The van der Waals surface area contributed by atoms with Gasteiger partial charge in [-0.3, -0.25) is 19.7 Å². The molecule has 2 amide bonds. The van der Waals surface area contributed by atoms with Gasteiger partial charge < -0.3 is 14.8 Å². The van der Waals surface area contributed by atoms with Gasteiger partial charge in [0.15, 0.2) is 0 Å². The molecule has 0 spiro atoms. The van der Waals surface area contributed by atoms with Gasteiger partial charge in [0.25, 0.3) is 11.8 Å². The highest BCUT2D eigenvalue weighted by molar-refractivity contribution is 6.04. The van der Waals surface area contributed by atoms with Crippen molar-refractivity contribution in [3.63, 3.8) is 0 Å². The van der Waals surface area contributed by atoms with Gasteiger partial charge in [-0.05, 0) is 66.2 Å². The number of carbonyl (C=O) groups excluding carboxylic acids is 3. The summed E-state index contributed by atoms with van der Waals surface area (Å²) < 4.78 is 10.4. The summed E-state index contributed by atoms with van der Waals surface area (Å²) in [7, 11) is 1.54. The topological polar surface area (TPSA) is 149 Å². The number of ether oxygens (including phenoxy) is 2. The molecule has 0 aliphatic rings. The van der Waals surface area contributed by atoms with E-state index in [1.54, 1.807) is 60.7 Å². The SMILES string of the molecule is COc1ccc(/C=C/C(=O)Oc2c(/C=N/NC(=O)c3ccc(NC(=O)c4ccccc4)cc3)cccc2[N+](=O)[O-])cc1. The monoisotopic (exact) mass is 564 g/mol. The predicted octanol–water partition coefficient (Wildman–Crippen LogP) is 5.24. The number of methoxy groups -OCH3 is 1. The molecule has 0 fully saturated rings. The van der Waals surface area contributed by atoms with Gasteiger partial charge in [-0.15, -0.1) is 0 Å². The number of nitrogens with zero attached hydrogens (tertiary/aromatic N) is 2. The van der Waals surface area contributed by atoms with Crippen LogP contribution in [0.1, 0.15) is 31.8 Å². The Kier molecular flexibility index (Phi) is 9.50. The first-order valence-corrected chi connectivity index (χ1v) is 12.5. The molecule has 0 aliphatic carbocycles. The van der Waals surface area contributed by atoms with E-state index >= 15 is 0 Å². The molecule has 0 saturated heterocycles. The summed E-state index contributed by atoms with van der Waals surface area (Å²) in [6, 6.07) is 25.7. The summed E-state index contributed by atoms with van der Waals surface area (Å²) in [5.41, 5.74) is 3.89. The van der Waals surface area contributed by atoms with E-state index in [2.05, 4.69) is 15.8 Å². The standard InChI is InChI=1S/C31H24N4O7/c1-41-26-17-10-21(11-18-26)12-19-28(36)42-29-24(8-5-9-27(29)35(39)40)20-32-34-31(38)23-13-15-25(16-14-23)33-30(37)22-6-3-2-4-7-22/h2-20H,1H3,(H,33,37)(H,34,38)/b19-12+,32-20+. The number of nitrogens with one attached hydrogen (secondary N) is 2. The molecule has 4 rings (SSSR count). The Morgan fingerprint density at radius 1 is 0.833 bits per heavy atom. The number of benzene rings is 4. The van der Waals surface area contributed by atoms with Crippen LogP contribution in [0.25, 0.3) is 6.08 Å². The number of anilines is 1. The lowest BCUT2D eigenvalue weighted by Crippen LogP contribution is -2.18. The minimum atomic E-state index is -0.849. The summed E-state index contributed by atoms with van der Waals surface area (Å²) in [5.74, 6) is -1.39. The first-order chi connectivity index (χ1) is 20.3. The van der Waals surface area contributed by atoms with Crippen molar-refractivity contribution in [2.45, 2.75) is 0 Å². The minimum Gasteiger partial charge on any atom is -0.497 e. The number of carbonyl (C=O) groups is 3. The third-order valence-electron chi connectivity index (χ3n) is 5.76. The fourth-order valence-electron chi connectivity index (χ4n) is 3.64. The average Bonchev–Trinajstić information content (AvgIpc) is 3.01. The second kappa shape index (κ2) is 13.8. The molecule has 4 aromatic carbocycles. The molecule has 0 bridgehead atoms. The van der Waals surface area contributed by atoms with Crippen LogP contribution in [-0.4, -0.2) is 36.0 Å². The van der Waals surface area contributed by atoms with Crippen molar-refractivity contribution in [1.29, 1.82) is 0 Å². The summed E-state index contributed by atoms with van der Waals surface area (Å²) in [6.07, 6.45) is 3.76. The lowest BCUT2D eigenvalue weighted by molar-refractivity contribution is -0.385. The van der Waals surface area contributed by atoms with Crippen molar-refractivity contribution >= 4 is 41.4 Å². The summed E-state index contributed by atoms with van der Waals surface area (Å²) in [5, 5.41) is 18.2. The molecule has 0 radical (unpaired) electrons. The highest BCUT2D eigenvalue weighted by atomic mass is 16.6. The van der Waals surface area contributed by atoms with E-state index in [-0.39, 0.29) is 22.8 Å². The van der Waals surface area contributed by atoms with Gasteiger partial charge in [-0.1, -0.05) is 36.4 Å². The normalized spacial score (nSPS) is 10.8. The number of hydrazone groups is 1. The van der Waals surface area contributed by atoms with E-state index < -0.39 is 22.5 Å². The van der Waals surface area contributed by atoms with Crippen molar-refractivity contribution in [1.82, 2.24) is 5.43 Å². The van der Waals surface area contributed by atoms with Gasteiger partial charge in [0.2, 0.25) is 5.75 Å². The van der Waals surface area contributed by atoms with Crippen LogP contribution >= 0.6 is 0 Å². The average molecular weight is 565 g/mol. The number of para-hydroxylation sites is 1. The van der Waals surface area contributed by atoms with Gasteiger partial charge in [0.05, 0.1) is 18.2 Å². The maximum atomic E-state index is 12.6. The number of hydrogen-bond acceptors (Lipinski definition) is 8. The Hall–Kier alpha value is -6.10. The summed E-state index contributed by atoms with van der Waals surface area (Å²) in [6.45, 7) is 0. The molecule has 11 heteroatoms. The third-order valence-corrected chi connectivity index (χ3v) is 5.76. The second-order valence-electron chi connectivity index (χ2n) is 8.58. The van der Waals surface area contributed by atoms with E-state index in [0.29, 0.717) is 22.6 Å². The smallest absolute Gasteiger partial charge is 0.336 e. The van der Waals surface area contributed by atoms with Crippen LogP contribution in [0.2, 0.25) is 0 Å². The van der Waals surface area contributed by atoms with Crippen LogP contribution in [0.3, 0.4) is 0 Å². The van der Waals surface area contributed by atoms with E-state index in [1.165, 1.54) is 43.5 Å². The van der Waals surface area contributed by atoms with E-state index in [4.69, 9.17) is 9.47 Å². The molecule has 0 heterocycles. The van der Waals surface area contributed by atoms with Crippen LogP contribution in [0.15, 0.2) is 108 Å². The Labute approximate surface area is 240 Å². The number of nitro benzene ring substituents is 1. The van der Waals surface area contributed by atoms with Gasteiger partial charge in [-0.2, -0.15) is 5.10 Å². The number of rotatable bonds is 10. The molecule has 2 N–H and O–H groups in total. The van der Waals surface area contributed by atoms with Gasteiger partial charge in [-0.25, -0.2) is 10.2 Å². The lowest BCUT2D eigenvalue weighted by atomic mass is 10.1. The van der Waals surface area contributed by atoms with Crippen molar-refractivity contribution in [2.24, 2.45) is 5.10 Å². The second-order valence-corrected chi connectivity index (χ2v) is 8.58. The Bertz CT molecular complexity index is 1650. The molecule has 4 aromatic rings. The maximum absolute atomic E-state index is 12.6. The number of amides is 2. The molecule has 11 nitrogen and oxygen atoms in total. The Balaban J connectivity index is 1.41. The van der Waals surface area contributed by atoms with Gasteiger partial charge in [0.1, 0.15) is 5.75 Å². The fraction of sp³-hybridized carbons (Fsp3) is 0.0323. The zero-order valence-electron chi connectivity index (χ0n) is 22.2. The van der Waals surface area contributed by atoms with E-state index in [1.807, 2.05) is 6.07 Å². The number of hydrogen-bond donors (Lipinski definition) is 2. The highest BCUT2D eigenvalue weighted by Crippen LogP contribution is 2.30. The minimum absolute atomic E-state index is 0.0923. The quantitative estimate of drug-likeness (QED) is 0.0668. The molecule has 0 atom stereocenters. The van der Waals surface area contributed by atoms with E-state index in [0.717, 1.165) is 12.3 Å². The Morgan fingerprint density at radius 3 is 2.19 bits per heavy atom. The first kappa shape index (κ1) is 28.9. The molecule has 210 valence electrons.